The van der Waals surface area contributed by atoms with Crippen molar-refractivity contribution in [1.29, 1.82) is 0 Å². The molecule has 3 saturated heterocycles. The summed E-state index contributed by atoms with van der Waals surface area (Å²) in [6, 6.07) is -0.885. The Morgan fingerprint density at radius 3 is 1.08 bits per heavy atom. The average molecular weight is 1360 g/mol. The second kappa shape index (κ2) is 57.6. The molecule has 17 unspecified atom stereocenters. The summed E-state index contributed by atoms with van der Waals surface area (Å²) in [4.78, 5) is 13.4. The molecule has 19 heteroatoms. The first-order valence-electron chi connectivity index (χ1n) is 38.7. The van der Waals surface area contributed by atoms with Crippen LogP contribution in [0, 0.1) is 0 Å². The van der Waals surface area contributed by atoms with Gasteiger partial charge in [0.25, 0.3) is 0 Å². The molecule has 0 spiro atoms. The molecule has 3 fully saturated rings. The van der Waals surface area contributed by atoms with Crippen molar-refractivity contribution in [2.45, 2.75) is 413 Å². The number of hydrogen-bond donors (Lipinski definition) is 12. The fourth-order valence-corrected chi connectivity index (χ4v) is 13.2. The van der Waals surface area contributed by atoms with E-state index in [9.17, 15) is 61.0 Å². The van der Waals surface area contributed by atoms with Gasteiger partial charge >= 0.3 is 0 Å². The molecule has 0 aliphatic carbocycles. The number of hydrogen-bond acceptors (Lipinski definition) is 18. The van der Waals surface area contributed by atoms with Crippen molar-refractivity contribution in [3.63, 3.8) is 0 Å². The van der Waals surface area contributed by atoms with Crippen LogP contribution in [-0.2, 0) is 33.2 Å². The van der Waals surface area contributed by atoms with Gasteiger partial charge in [-0.25, -0.2) is 0 Å². The van der Waals surface area contributed by atoms with E-state index in [1.165, 1.54) is 218 Å². The van der Waals surface area contributed by atoms with Gasteiger partial charge < -0.3 is 89.9 Å². The smallest absolute Gasteiger partial charge is 0.220 e. The Morgan fingerprint density at radius 1 is 0.379 bits per heavy atom. The molecule has 3 aliphatic heterocycles. The maximum absolute atomic E-state index is 13.4. The standard InChI is InChI=1S/C76H141NO18/c1-3-5-7-9-11-13-15-17-18-19-20-21-22-23-24-25-26-27-28-29-30-31-32-33-34-35-36-37-38-39-40-42-44-46-48-50-52-54-64(82)77-59(60(81)53-51-49-47-45-43-41-16-14-12-10-8-6-4-2)58-90-74-70(88)67(85)72(62(56-79)92-74)95-76-71(89)68(86)73(63(57-80)93-76)94-75-69(87)66(84)65(83)61(55-78)91-75/h15,17,19-20,22-23,59-63,65-76,78-81,83-89H,3-14,16,18,21,24-58H2,1-2H3,(H,77,82)/b17-15-,20-19-,23-22-. The number of ether oxygens (including phenoxy) is 6. The van der Waals surface area contributed by atoms with Crippen molar-refractivity contribution in [3.8, 4) is 0 Å². The Kier molecular flexibility index (Phi) is 52.9. The first-order valence-corrected chi connectivity index (χ1v) is 38.7. The van der Waals surface area contributed by atoms with Crippen LogP contribution in [-0.4, -0.2) is 193 Å². The van der Waals surface area contributed by atoms with Gasteiger partial charge in [0.15, 0.2) is 18.9 Å². The first kappa shape index (κ1) is 87.2. The maximum atomic E-state index is 13.4. The van der Waals surface area contributed by atoms with E-state index in [0.717, 1.165) is 57.8 Å². The van der Waals surface area contributed by atoms with E-state index in [2.05, 4.69) is 55.6 Å². The molecule has 3 heterocycles. The summed E-state index contributed by atoms with van der Waals surface area (Å²) in [5.74, 6) is -0.238. The lowest BCUT2D eigenvalue weighted by Crippen LogP contribution is -2.66. The number of aliphatic hydroxyl groups is 11. The third kappa shape index (κ3) is 38.6. The lowest BCUT2D eigenvalue weighted by molar-refractivity contribution is -0.379. The average Bonchev–Trinajstić information content (AvgIpc) is 0.791. The molecule has 17 atom stereocenters. The summed E-state index contributed by atoms with van der Waals surface area (Å²) < 4.78 is 34.4. The Labute approximate surface area is 574 Å². The van der Waals surface area contributed by atoms with Crippen molar-refractivity contribution < 1.29 is 89.4 Å². The molecular weight excluding hydrogens is 1210 g/mol. The first-order chi connectivity index (χ1) is 46.3. The van der Waals surface area contributed by atoms with E-state index in [-0.39, 0.29) is 18.9 Å². The third-order valence-electron chi connectivity index (χ3n) is 19.5. The van der Waals surface area contributed by atoms with Crippen LogP contribution in [0.5, 0.6) is 0 Å². The Hall–Kier alpha value is -1.99. The highest BCUT2D eigenvalue weighted by Crippen LogP contribution is 2.33. The highest BCUT2D eigenvalue weighted by atomic mass is 16.8. The Bertz CT molecular complexity index is 1860. The molecule has 558 valence electrons. The van der Waals surface area contributed by atoms with Gasteiger partial charge in [0.1, 0.15) is 73.2 Å². The van der Waals surface area contributed by atoms with Crippen LogP contribution in [0.3, 0.4) is 0 Å². The number of unbranched alkanes of at least 4 members (excludes halogenated alkanes) is 39. The summed E-state index contributed by atoms with van der Waals surface area (Å²) in [6.45, 7) is 1.81. The molecule has 0 aromatic carbocycles. The Balaban J connectivity index is 1.30. The number of amides is 1. The van der Waals surface area contributed by atoms with Crippen LogP contribution in [0.2, 0.25) is 0 Å². The zero-order valence-electron chi connectivity index (χ0n) is 59.4. The number of aliphatic hydroxyl groups excluding tert-OH is 11. The Morgan fingerprint density at radius 2 is 0.695 bits per heavy atom. The van der Waals surface area contributed by atoms with Crippen molar-refractivity contribution in [2.75, 3.05) is 26.4 Å². The van der Waals surface area contributed by atoms with Gasteiger partial charge in [0, 0.05) is 6.42 Å². The van der Waals surface area contributed by atoms with E-state index >= 15 is 0 Å². The van der Waals surface area contributed by atoms with E-state index in [1.807, 2.05) is 0 Å². The normalized spacial score (nSPS) is 27.4. The van der Waals surface area contributed by atoms with Crippen LogP contribution in [0.25, 0.3) is 0 Å². The van der Waals surface area contributed by atoms with Crippen molar-refractivity contribution in [1.82, 2.24) is 5.32 Å². The van der Waals surface area contributed by atoms with Crippen molar-refractivity contribution in [2.24, 2.45) is 0 Å². The fourth-order valence-electron chi connectivity index (χ4n) is 13.2. The lowest BCUT2D eigenvalue weighted by atomic mass is 9.96. The van der Waals surface area contributed by atoms with Gasteiger partial charge in [-0.05, 0) is 51.4 Å². The minimum atomic E-state index is -1.97. The molecule has 0 aromatic heterocycles. The van der Waals surface area contributed by atoms with Gasteiger partial charge in [0.05, 0.1) is 38.6 Å². The molecule has 3 aliphatic rings. The van der Waals surface area contributed by atoms with E-state index in [0.29, 0.717) is 12.8 Å². The van der Waals surface area contributed by atoms with Gasteiger partial charge in [-0.1, -0.05) is 288 Å². The van der Waals surface area contributed by atoms with Gasteiger partial charge in [-0.15, -0.1) is 0 Å². The molecule has 3 rings (SSSR count). The van der Waals surface area contributed by atoms with Crippen molar-refractivity contribution in [3.05, 3.63) is 36.5 Å². The van der Waals surface area contributed by atoms with Gasteiger partial charge in [-0.3, -0.25) is 4.79 Å². The minimum Gasteiger partial charge on any atom is -0.394 e. The molecule has 0 saturated carbocycles. The number of carbonyl (C=O) groups is 1. The molecular formula is C76H141NO18. The van der Waals surface area contributed by atoms with Crippen LogP contribution >= 0.6 is 0 Å². The predicted molar refractivity (Wildman–Crippen MR) is 374 cm³/mol. The molecule has 1 amide bonds. The number of rotatable bonds is 61. The summed E-state index contributed by atoms with van der Waals surface area (Å²) in [7, 11) is 0. The molecule has 95 heavy (non-hydrogen) atoms. The summed E-state index contributed by atoms with van der Waals surface area (Å²) in [6.07, 6.45) is 42.6. The van der Waals surface area contributed by atoms with Crippen LogP contribution in [0.4, 0.5) is 0 Å². The highest BCUT2D eigenvalue weighted by molar-refractivity contribution is 5.76. The fraction of sp³-hybridized carbons (Fsp3) is 0.908. The minimum absolute atomic E-state index is 0.238. The number of carbonyl (C=O) groups excluding carboxylic acids is 1. The summed E-state index contributed by atoms with van der Waals surface area (Å²) >= 11 is 0. The van der Waals surface area contributed by atoms with Gasteiger partial charge in [0.2, 0.25) is 5.91 Å². The lowest BCUT2D eigenvalue weighted by Gasteiger charge is -2.48. The summed E-state index contributed by atoms with van der Waals surface area (Å²) in [5, 5.41) is 121. The topological polar surface area (TPSA) is 307 Å². The second-order valence-corrected chi connectivity index (χ2v) is 27.8. The van der Waals surface area contributed by atoms with E-state index in [1.54, 1.807) is 0 Å². The molecule has 0 bridgehead atoms. The zero-order chi connectivity index (χ0) is 68.9. The van der Waals surface area contributed by atoms with Crippen molar-refractivity contribution >= 4 is 5.91 Å². The predicted octanol–water partition coefficient (Wildman–Crippen LogP) is 11.9. The third-order valence-corrected chi connectivity index (χ3v) is 19.5. The van der Waals surface area contributed by atoms with E-state index < -0.39 is 124 Å². The zero-order valence-corrected chi connectivity index (χ0v) is 59.4. The van der Waals surface area contributed by atoms with Crippen LogP contribution in [0.1, 0.15) is 309 Å². The van der Waals surface area contributed by atoms with Crippen LogP contribution < -0.4 is 5.32 Å². The van der Waals surface area contributed by atoms with Gasteiger partial charge in [-0.2, -0.15) is 0 Å². The number of allylic oxidation sites excluding steroid dienone is 6. The monoisotopic (exact) mass is 1360 g/mol. The van der Waals surface area contributed by atoms with E-state index in [4.69, 9.17) is 28.4 Å². The second-order valence-electron chi connectivity index (χ2n) is 27.8. The maximum Gasteiger partial charge on any atom is 0.220 e. The number of nitrogens with one attached hydrogen (secondary N) is 1. The molecule has 0 radical (unpaired) electrons. The quantitative estimate of drug-likeness (QED) is 0.0199. The highest BCUT2D eigenvalue weighted by Gasteiger charge is 2.54. The SMILES string of the molecule is CCCCCCC/C=C\C/C=C\C/C=C\CCCCCCCCCCCCCCCCCCCCCCCCC(=O)NC(COC1OC(CO)C(OC2OC(CO)C(OC3OC(CO)C(O)C(O)C3O)C(O)C2O)C(O)C1O)C(O)CCCCCCCCCCCCCCC. The largest absolute Gasteiger partial charge is 0.394 e. The molecule has 0 aromatic rings. The summed E-state index contributed by atoms with van der Waals surface area (Å²) in [5.41, 5.74) is 0. The molecule has 12 N–H and O–H groups in total. The van der Waals surface area contributed by atoms with Crippen LogP contribution in [0.15, 0.2) is 36.5 Å². The molecule has 19 nitrogen and oxygen atoms in total.